The predicted molar refractivity (Wildman–Crippen MR) is 55.6 cm³/mol. The van der Waals surface area contributed by atoms with Gasteiger partial charge < -0.3 is 9.73 Å². The summed E-state index contributed by atoms with van der Waals surface area (Å²) in [5.41, 5.74) is 1.88. The van der Waals surface area contributed by atoms with Crippen LogP contribution in [0.2, 0.25) is 0 Å². The molecule has 0 saturated heterocycles. The van der Waals surface area contributed by atoms with Crippen LogP contribution < -0.4 is 5.32 Å². The van der Waals surface area contributed by atoms with Crippen LogP contribution in [-0.4, -0.2) is 10.9 Å². The number of aryl methyl sites for hydroxylation is 1. The first kappa shape index (κ1) is 9.45. The summed E-state index contributed by atoms with van der Waals surface area (Å²) < 4.78 is 4.87. The van der Waals surface area contributed by atoms with E-state index in [0.29, 0.717) is 0 Å². The van der Waals surface area contributed by atoms with Gasteiger partial charge in [-0.15, -0.1) is 0 Å². The minimum Gasteiger partial charge on any atom is -0.438 e. The molecule has 1 aromatic heterocycles. The largest absolute Gasteiger partial charge is 0.438 e. The van der Waals surface area contributed by atoms with Gasteiger partial charge in [0, 0.05) is 5.69 Å². The molecule has 1 aromatic carbocycles. The van der Waals surface area contributed by atoms with Crippen LogP contribution in [0, 0.1) is 6.92 Å². The highest BCUT2D eigenvalue weighted by Crippen LogP contribution is 2.10. The molecule has 0 atom stereocenters. The van der Waals surface area contributed by atoms with E-state index in [4.69, 9.17) is 4.42 Å². The van der Waals surface area contributed by atoms with E-state index in [9.17, 15) is 4.79 Å². The van der Waals surface area contributed by atoms with Gasteiger partial charge in [0.2, 0.25) is 5.76 Å². The van der Waals surface area contributed by atoms with Crippen LogP contribution in [0.25, 0.3) is 0 Å². The highest BCUT2D eigenvalue weighted by molar-refractivity contribution is 6.01. The van der Waals surface area contributed by atoms with Crippen LogP contribution in [0.15, 0.2) is 41.3 Å². The van der Waals surface area contributed by atoms with Crippen LogP contribution in [-0.2, 0) is 0 Å². The number of nitrogens with one attached hydrogen (secondary N) is 1. The van der Waals surface area contributed by atoms with E-state index < -0.39 is 0 Å². The Morgan fingerprint density at radius 2 is 2.07 bits per heavy atom. The van der Waals surface area contributed by atoms with Gasteiger partial charge in [0.25, 0.3) is 5.91 Å². The lowest BCUT2D eigenvalue weighted by molar-refractivity contribution is 0.0996. The van der Waals surface area contributed by atoms with Crippen molar-refractivity contribution in [2.45, 2.75) is 6.92 Å². The fourth-order valence-corrected chi connectivity index (χ4v) is 1.16. The number of benzene rings is 1. The van der Waals surface area contributed by atoms with E-state index in [1.165, 1.54) is 12.6 Å². The van der Waals surface area contributed by atoms with Gasteiger partial charge in [0.1, 0.15) is 0 Å². The molecule has 0 aliphatic rings. The molecule has 1 amide bonds. The van der Waals surface area contributed by atoms with Gasteiger partial charge in [-0.1, -0.05) is 17.7 Å². The molecule has 0 fully saturated rings. The molecule has 4 heteroatoms. The SMILES string of the molecule is Cc1ccc(NC(=O)c2cnco2)cc1. The average molecular weight is 202 g/mol. The Hall–Kier alpha value is -2.10. The summed E-state index contributed by atoms with van der Waals surface area (Å²) in [6, 6.07) is 7.53. The zero-order chi connectivity index (χ0) is 10.7. The molecule has 1 N–H and O–H groups in total. The second kappa shape index (κ2) is 3.96. The highest BCUT2D eigenvalue weighted by atomic mass is 16.3. The van der Waals surface area contributed by atoms with E-state index in [-0.39, 0.29) is 11.7 Å². The van der Waals surface area contributed by atoms with Gasteiger partial charge in [-0.3, -0.25) is 4.79 Å². The lowest BCUT2D eigenvalue weighted by Crippen LogP contribution is -2.10. The van der Waals surface area contributed by atoms with E-state index in [2.05, 4.69) is 10.3 Å². The molecule has 0 bridgehead atoms. The first-order valence-electron chi connectivity index (χ1n) is 4.52. The summed E-state index contributed by atoms with van der Waals surface area (Å²) >= 11 is 0. The number of hydrogen-bond donors (Lipinski definition) is 1. The zero-order valence-electron chi connectivity index (χ0n) is 8.23. The Morgan fingerprint density at radius 3 is 2.67 bits per heavy atom. The second-order valence-electron chi connectivity index (χ2n) is 3.19. The monoisotopic (exact) mass is 202 g/mol. The highest BCUT2D eigenvalue weighted by Gasteiger charge is 2.08. The molecule has 0 radical (unpaired) electrons. The van der Waals surface area contributed by atoms with Crippen LogP contribution in [0.1, 0.15) is 16.1 Å². The molecule has 0 aliphatic heterocycles. The fraction of sp³-hybridized carbons (Fsp3) is 0.0909. The molecule has 15 heavy (non-hydrogen) atoms. The van der Waals surface area contributed by atoms with Gasteiger partial charge in [-0.25, -0.2) is 4.98 Å². The van der Waals surface area contributed by atoms with Gasteiger partial charge in [0.05, 0.1) is 6.20 Å². The lowest BCUT2D eigenvalue weighted by Gasteiger charge is -2.02. The molecule has 2 aromatic rings. The number of nitrogens with zero attached hydrogens (tertiary/aromatic N) is 1. The van der Waals surface area contributed by atoms with Crippen molar-refractivity contribution in [1.29, 1.82) is 0 Å². The Labute approximate surface area is 86.9 Å². The van der Waals surface area contributed by atoms with Crippen molar-refractivity contribution in [2.75, 3.05) is 5.32 Å². The summed E-state index contributed by atoms with van der Waals surface area (Å²) in [5, 5.41) is 2.70. The maximum atomic E-state index is 11.5. The summed E-state index contributed by atoms with van der Waals surface area (Å²) in [5.74, 6) is -0.0908. The molecule has 76 valence electrons. The summed E-state index contributed by atoms with van der Waals surface area (Å²) in [6.07, 6.45) is 2.60. The Balaban J connectivity index is 2.09. The average Bonchev–Trinajstić information content (AvgIpc) is 2.74. The van der Waals surface area contributed by atoms with E-state index >= 15 is 0 Å². The summed E-state index contributed by atoms with van der Waals surface area (Å²) in [6.45, 7) is 1.99. The van der Waals surface area contributed by atoms with Crippen LogP contribution in [0.5, 0.6) is 0 Å². The normalized spacial score (nSPS) is 9.93. The predicted octanol–water partition coefficient (Wildman–Crippen LogP) is 2.24. The van der Waals surface area contributed by atoms with Gasteiger partial charge in [-0.05, 0) is 19.1 Å². The quantitative estimate of drug-likeness (QED) is 0.812. The molecule has 0 saturated carbocycles. The van der Waals surface area contributed by atoms with Crippen molar-refractivity contribution in [1.82, 2.24) is 4.98 Å². The molecule has 4 nitrogen and oxygen atoms in total. The molecular weight excluding hydrogens is 192 g/mol. The van der Waals surface area contributed by atoms with Crippen molar-refractivity contribution < 1.29 is 9.21 Å². The minimum atomic E-state index is -0.295. The molecule has 0 aliphatic carbocycles. The van der Waals surface area contributed by atoms with E-state index in [1.807, 2.05) is 31.2 Å². The topological polar surface area (TPSA) is 55.1 Å². The standard InChI is InChI=1S/C11H10N2O2/c1-8-2-4-9(5-3-8)13-11(14)10-6-12-7-15-10/h2-7H,1H3,(H,13,14). The van der Waals surface area contributed by atoms with Crippen molar-refractivity contribution in [2.24, 2.45) is 0 Å². The molecule has 2 rings (SSSR count). The summed E-state index contributed by atoms with van der Waals surface area (Å²) in [7, 11) is 0. The number of oxazole rings is 1. The molecule has 1 heterocycles. The number of rotatable bonds is 2. The third-order valence-electron chi connectivity index (χ3n) is 1.97. The van der Waals surface area contributed by atoms with Crippen molar-refractivity contribution in [3.8, 4) is 0 Å². The van der Waals surface area contributed by atoms with Gasteiger partial charge in [-0.2, -0.15) is 0 Å². The Morgan fingerprint density at radius 1 is 1.33 bits per heavy atom. The fourth-order valence-electron chi connectivity index (χ4n) is 1.16. The number of aromatic nitrogens is 1. The molecule has 0 unspecified atom stereocenters. The van der Waals surface area contributed by atoms with Crippen LogP contribution in [0.3, 0.4) is 0 Å². The van der Waals surface area contributed by atoms with Gasteiger partial charge >= 0.3 is 0 Å². The first-order chi connectivity index (χ1) is 7.25. The second-order valence-corrected chi connectivity index (χ2v) is 3.19. The number of anilines is 1. The first-order valence-corrected chi connectivity index (χ1v) is 4.52. The summed E-state index contributed by atoms with van der Waals surface area (Å²) in [4.78, 5) is 15.2. The number of amides is 1. The molecule has 0 spiro atoms. The van der Waals surface area contributed by atoms with Crippen LogP contribution in [0.4, 0.5) is 5.69 Å². The molecular formula is C11H10N2O2. The third kappa shape index (κ3) is 2.22. The van der Waals surface area contributed by atoms with Crippen molar-refractivity contribution >= 4 is 11.6 Å². The van der Waals surface area contributed by atoms with Gasteiger partial charge in [0.15, 0.2) is 6.39 Å². The maximum absolute atomic E-state index is 11.5. The minimum absolute atomic E-state index is 0.204. The number of carbonyl (C=O) groups is 1. The van der Waals surface area contributed by atoms with E-state index in [1.54, 1.807) is 0 Å². The Kier molecular flexibility index (Phi) is 2.49. The zero-order valence-corrected chi connectivity index (χ0v) is 8.23. The van der Waals surface area contributed by atoms with E-state index in [0.717, 1.165) is 11.3 Å². The number of hydrogen-bond acceptors (Lipinski definition) is 3. The number of carbonyl (C=O) groups excluding carboxylic acids is 1. The van der Waals surface area contributed by atoms with Crippen molar-refractivity contribution in [3.05, 3.63) is 48.2 Å². The maximum Gasteiger partial charge on any atom is 0.293 e. The van der Waals surface area contributed by atoms with Crippen LogP contribution >= 0.6 is 0 Å². The third-order valence-corrected chi connectivity index (χ3v) is 1.97. The Bertz CT molecular complexity index is 446. The lowest BCUT2D eigenvalue weighted by atomic mass is 10.2. The van der Waals surface area contributed by atoms with Crippen molar-refractivity contribution in [3.63, 3.8) is 0 Å². The smallest absolute Gasteiger partial charge is 0.293 e.